The highest BCUT2D eigenvalue weighted by atomic mass is 16.5. The molecule has 0 spiro atoms. The van der Waals surface area contributed by atoms with Gasteiger partial charge in [-0.05, 0) is 39.0 Å². The van der Waals surface area contributed by atoms with Gasteiger partial charge in [0.05, 0.1) is 6.10 Å². The van der Waals surface area contributed by atoms with E-state index in [9.17, 15) is 0 Å². The third-order valence-electron chi connectivity index (χ3n) is 3.14. The Kier molecular flexibility index (Phi) is 6.17. The topological polar surface area (TPSA) is 56.5 Å². The van der Waals surface area contributed by atoms with Crippen LogP contribution < -0.4 is 11.3 Å². The maximum absolute atomic E-state index is 5.56. The first-order valence-corrected chi connectivity index (χ1v) is 5.93. The smallest absolute Gasteiger partial charge is 0.0713 e. The molecular formula is C11H24N2O2. The van der Waals surface area contributed by atoms with Gasteiger partial charge < -0.3 is 9.47 Å². The number of rotatable bonds is 6. The van der Waals surface area contributed by atoms with Gasteiger partial charge in [-0.1, -0.05) is 0 Å². The van der Waals surface area contributed by atoms with Crippen molar-refractivity contribution in [1.29, 1.82) is 0 Å². The first kappa shape index (κ1) is 12.9. The van der Waals surface area contributed by atoms with E-state index in [-0.39, 0.29) is 12.1 Å². The molecule has 0 bridgehead atoms. The van der Waals surface area contributed by atoms with Crippen molar-refractivity contribution in [2.24, 2.45) is 11.8 Å². The Hall–Kier alpha value is -0.160. The normalized spacial score (nSPS) is 22.6. The van der Waals surface area contributed by atoms with Gasteiger partial charge in [-0.2, -0.15) is 0 Å². The largest absolute Gasteiger partial charge is 0.381 e. The second kappa shape index (κ2) is 7.17. The molecule has 15 heavy (non-hydrogen) atoms. The Morgan fingerprint density at radius 3 is 2.67 bits per heavy atom. The van der Waals surface area contributed by atoms with E-state index in [2.05, 4.69) is 12.3 Å². The second-order valence-corrected chi connectivity index (χ2v) is 4.23. The molecule has 4 nitrogen and oxygen atoms in total. The lowest BCUT2D eigenvalue weighted by Crippen LogP contribution is -2.45. The lowest BCUT2D eigenvalue weighted by Gasteiger charge is -2.29. The summed E-state index contributed by atoms with van der Waals surface area (Å²) in [5, 5.41) is 0. The van der Waals surface area contributed by atoms with Gasteiger partial charge in [0.2, 0.25) is 0 Å². The number of ether oxygens (including phenoxy) is 2. The molecule has 2 unspecified atom stereocenters. The number of hydrogen-bond donors (Lipinski definition) is 2. The van der Waals surface area contributed by atoms with Crippen LogP contribution >= 0.6 is 0 Å². The van der Waals surface area contributed by atoms with Crippen LogP contribution in [0.2, 0.25) is 0 Å². The van der Waals surface area contributed by atoms with Crippen LogP contribution in [-0.4, -0.2) is 32.0 Å². The minimum Gasteiger partial charge on any atom is -0.381 e. The monoisotopic (exact) mass is 216 g/mol. The van der Waals surface area contributed by atoms with E-state index >= 15 is 0 Å². The molecule has 1 rings (SSSR count). The predicted molar refractivity (Wildman–Crippen MR) is 60.4 cm³/mol. The van der Waals surface area contributed by atoms with Crippen molar-refractivity contribution in [3.8, 4) is 0 Å². The minimum absolute atomic E-state index is 0.183. The molecule has 0 radical (unpaired) electrons. The molecule has 0 aliphatic carbocycles. The summed E-state index contributed by atoms with van der Waals surface area (Å²) in [6.45, 7) is 6.62. The third kappa shape index (κ3) is 4.47. The first-order valence-electron chi connectivity index (χ1n) is 5.93. The fourth-order valence-electron chi connectivity index (χ4n) is 2.12. The first-order chi connectivity index (χ1) is 7.27. The van der Waals surface area contributed by atoms with Crippen LogP contribution in [0.3, 0.4) is 0 Å². The fraction of sp³-hybridized carbons (Fsp3) is 1.00. The average Bonchev–Trinajstić information content (AvgIpc) is 2.27. The Bertz CT molecular complexity index is 161. The minimum atomic E-state index is 0.183. The molecule has 1 aliphatic rings. The number of hydrogen-bond acceptors (Lipinski definition) is 4. The zero-order valence-electron chi connectivity index (χ0n) is 9.87. The van der Waals surface area contributed by atoms with Gasteiger partial charge in [-0.15, -0.1) is 0 Å². The van der Waals surface area contributed by atoms with Crippen molar-refractivity contribution >= 4 is 0 Å². The van der Waals surface area contributed by atoms with Crippen LogP contribution in [0.1, 0.15) is 33.1 Å². The van der Waals surface area contributed by atoms with E-state index in [1.165, 1.54) is 0 Å². The number of nitrogens with one attached hydrogen (secondary N) is 1. The molecule has 0 aromatic carbocycles. The third-order valence-corrected chi connectivity index (χ3v) is 3.14. The SMILES string of the molecule is CCOC(C)C(CC1CCOCC1)NN. The standard InChI is InChI=1S/C11H24N2O2/c1-3-15-9(2)11(13-12)8-10-4-6-14-7-5-10/h9-11,13H,3-8,12H2,1-2H3. The number of nitrogens with two attached hydrogens (primary N) is 1. The highest BCUT2D eigenvalue weighted by molar-refractivity contribution is 4.76. The van der Waals surface area contributed by atoms with Gasteiger partial charge in [-0.3, -0.25) is 11.3 Å². The van der Waals surface area contributed by atoms with E-state index < -0.39 is 0 Å². The van der Waals surface area contributed by atoms with Gasteiger partial charge in [-0.25, -0.2) is 0 Å². The second-order valence-electron chi connectivity index (χ2n) is 4.23. The molecule has 0 amide bonds. The zero-order valence-corrected chi connectivity index (χ0v) is 9.87. The van der Waals surface area contributed by atoms with Crippen LogP contribution in [0, 0.1) is 5.92 Å². The maximum atomic E-state index is 5.56. The van der Waals surface area contributed by atoms with Crippen molar-refractivity contribution < 1.29 is 9.47 Å². The van der Waals surface area contributed by atoms with Crippen LogP contribution in [0.25, 0.3) is 0 Å². The van der Waals surface area contributed by atoms with E-state index in [0.29, 0.717) is 0 Å². The average molecular weight is 216 g/mol. The Labute approximate surface area is 92.5 Å². The van der Waals surface area contributed by atoms with Gasteiger partial charge >= 0.3 is 0 Å². The van der Waals surface area contributed by atoms with Gasteiger partial charge in [0, 0.05) is 25.9 Å². The fourth-order valence-corrected chi connectivity index (χ4v) is 2.12. The summed E-state index contributed by atoms with van der Waals surface area (Å²) in [7, 11) is 0. The predicted octanol–water partition coefficient (Wildman–Crippen LogP) is 1.06. The summed E-state index contributed by atoms with van der Waals surface area (Å²) in [5.74, 6) is 6.28. The summed E-state index contributed by atoms with van der Waals surface area (Å²) in [5.41, 5.74) is 2.87. The van der Waals surface area contributed by atoms with Gasteiger partial charge in [0.25, 0.3) is 0 Å². The van der Waals surface area contributed by atoms with Crippen LogP contribution in [-0.2, 0) is 9.47 Å². The molecule has 2 atom stereocenters. The molecule has 1 fully saturated rings. The van der Waals surface area contributed by atoms with E-state index in [1.54, 1.807) is 0 Å². The molecule has 1 aliphatic heterocycles. The van der Waals surface area contributed by atoms with Gasteiger partial charge in [0.15, 0.2) is 0 Å². The summed E-state index contributed by atoms with van der Waals surface area (Å²) in [4.78, 5) is 0. The highest BCUT2D eigenvalue weighted by Crippen LogP contribution is 2.21. The Morgan fingerprint density at radius 1 is 1.47 bits per heavy atom. The molecule has 1 heterocycles. The van der Waals surface area contributed by atoms with Crippen molar-refractivity contribution in [2.75, 3.05) is 19.8 Å². The lowest BCUT2D eigenvalue weighted by atomic mass is 9.91. The molecule has 0 aromatic rings. The summed E-state index contributed by atoms with van der Waals surface area (Å²) in [6.07, 6.45) is 3.57. The summed E-state index contributed by atoms with van der Waals surface area (Å²) >= 11 is 0. The van der Waals surface area contributed by atoms with E-state index in [1.807, 2.05) is 6.92 Å². The van der Waals surface area contributed by atoms with Gasteiger partial charge in [0.1, 0.15) is 0 Å². The highest BCUT2D eigenvalue weighted by Gasteiger charge is 2.22. The molecule has 3 N–H and O–H groups in total. The summed E-state index contributed by atoms with van der Waals surface area (Å²) in [6, 6.07) is 0.257. The zero-order chi connectivity index (χ0) is 11.1. The van der Waals surface area contributed by atoms with Crippen molar-refractivity contribution in [3.05, 3.63) is 0 Å². The molecule has 1 saturated heterocycles. The lowest BCUT2D eigenvalue weighted by molar-refractivity contribution is 0.0230. The molecule has 4 heteroatoms. The maximum Gasteiger partial charge on any atom is 0.0713 e. The number of hydrazine groups is 1. The molecule has 0 saturated carbocycles. The van der Waals surface area contributed by atoms with Crippen molar-refractivity contribution in [3.63, 3.8) is 0 Å². The van der Waals surface area contributed by atoms with Crippen LogP contribution in [0.5, 0.6) is 0 Å². The Morgan fingerprint density at radius 2 is 2.13 bits per heavy atom. The van der Waals surface area contributed by atoms with Crippen LogP contribution in [0.4, 0.5) is 0 Å². The summed E-state index contributed by atoms with van der Waals surface area (Å²) < 4.78 is 10.9. The van der Waals surface area contributed by atoms with Crippen molar-refractivity contribution in [2.45, 2.75) is 45.3 Å². The van der Waals surface area contributed by atoms with E-state index in [0.717, 1.165) is 45.0 Å². The Balaban J connectivity index is 2.30. The molecular weight excluding hydrogens is 192 g/mol. The molecule has 90 valence electrons. The van der Waals surface area contributed by atoms with E-state index in [4.69, 9.17) is 15.3 Å². The quantitative estimate of drug-likeness (QED) is 0.515. The molecule has 0 aromatic heterocycles. The van der Waals surface area contributed by atoms with Crippen LogP contribution in [0.15, 0.2) is 0 Å². The van der Waals surface area contributed by atoms with Crippen molar-refractivity contribution in [1.82, 2.24) is 5.43 Å².